The fourth-order valence-corrected chi connectivity index (χ4v) is 2.00. The van der Waals surface area contributed by atoms with Crippen molar-refractivity contribution < 1.29 is 5.11 Å². The van der Waals surface area contributed by atoms with Crippen LogP contribution in [0.15, 0.2) is 34.2 Å². The fourth-order valence-electron chi connectivity index (χ4n) is 1.28. The third kappa shape index (κ3) is 9.09. The number of anilines is 2. The minimum Gasteiger partial charge on any atom is -0.492 e. The summed E-state index contributed by atoms with van der Waals surface area (Å²) >= 11 is 1.38. The van der Waals surface area contributed by atoms with E-state index in [0.717, 1.165) is 17.9 Å². The van der Waals surface area contributed by atoms with E-state index in [9.17, 15) is 4.79 Å². The number of nitrogens with two attached hydrogens (primary N) is 2. The van der Waals surface area contributed by atoms with Gasteiger partial charge in [-0.3, -0.25) is 9.78 Å². The summed E-state index contributed by atoms with van der Waals surface area (Å²) in [5.41, 5.74) is 12.0. The van der Waals surface area contributed by atoms with Gasteiger partial charge in [0.15, 0.2) is 10.8 Å². The molecule has 24 heavy (non-hydrogen) atoms. The summed E-state index contributed by atoms with van der Waals surface area (Å²) in [5.74, 6) is 0.439. The number of aromatic hydroxyl groups is 1. The molecule has 0 aliphatic rings. The molecule has 0 atom stereocenters. The number of aromatic amines is 1. The van der Waals surface area contributed by atoms with Gasteiger partial charge in [0.2, 0.25) is 5.88 Å². The van der Waals surface area contributed by atoms with Gasteiger partial charge in [0, 0.05) is 11.4 Å². The van der Waals surface area contributed by atoms with Crippen LogP contribution in [0.5, 0.6) is 5.88 Å². The Kier molecular flexibility index (Phi) is 11.2. The topological polar surface area (TPSA) is 118 Å². The van der Waals surface area contributed by atoms with E-state index in [4.69, 9.17) is 16.6 Å². The molecule has 0 bridgehead atoms. The van der Waals surface area contributed by atoms with Crippen LogP contribution in [0.4, 0.5) is 11.4 Å². The lowest BCUT2D eigenvalue weighted by molar-refractivity contribution is 0.447. The fraction of sp³-hybridized carbons (Fsp3) is 0.412. The van der Waals surface area contributed by atoms with E-state index < -0.39 is 11.4 Å². The number of benzene rings is 1. The predicted octanol–water partition coefficient (Wildman–Crippen LogP) is 3.55. The quantitative estimate of drug-likeness (QED) is 0.381. The number of nitrogens with zero attached hydrogens (tertiary/aromatic N) is 1. The monoisotopic (exact) mass is 352 g/mol. The van der Waals surface area contributed by atoms with Crippen molar-refractivity contribution in [2.75, 3.05) is 17.2 Å². The van der Waals surface area contributed by atoms with Crippen molar-refractivity contribution in [2.45, 2.75) is 45.7 Å². The summed E-state index contributed by atoms with van der Waals surface area (Å²) in [6.45, 7) is 8.31. The number of nitrogen functional groups attached to an aromatic ring is 2. The van der Waals surface area contributed by atoms with E-state index >= 15 is 0 Å². The average Bonchev–Trinajstić information content (AvgIpc) is 2.54. The Hall–Kier alpha value is -2.15. The van der Waals surface area contributed by atoms with Crippen molar-refractivity contribution >= 4 is 23.1 Å². The van der Waals surface area contributed by atoms with Gasteiger partial charge in [-0.25, -0.2) is 0 Å². The molecule has 0 saturated heterocycles. The lowest BCUT2D eigenvalue weighted by Gasteiger charge is -2.00. The summed E-state index contributed by atoms with van der Waals surface area (Å²) < 4.78 is 0. The highest BCUT2D eigenvalue weighted by Gasteiger charge is 2.06. The van der Waals surface area contributed by atoms with E-state index in [-0.39, 0.29) is 5.69 Å². The zero-order chi connectivity index (χ0) is 18.5. The lowest BCUT2D eigenvalue weighted by atomic mass is 10.2. The Morgan fingerprint density at radius 1 is 1.17 bits per heavy atom. The zero-order valence-electron chi connectivity index (χ0n) is 14.8. The maximum absolute atomic E-state index is 11.0. The van der Waals surface area contributed by atoms with Crippen LogP contribution in [-0.2, 0) is 0 Å². The summed E-state index contributed by atoms with van der Waals surface area (Å²) in [6, 6.07) is 7.79. The maximum atomic E-state index is 11.0. The molecule has 0 saturated carbocycles. The van der Waals surface area contributed by atoms with E-state index in [0.29, 0.717) is 5.16 Å². The molecule has 1 heterocycles. The van der Waals surface area contributed by atoms with Gasteiger partial charge in [0.25, 0.3) is 5.56 Å². The number of aryl methyl sites for hydroxylation is 1. The number of rotatable bonds is 3. The minimum atomic E-state index is -0.494. The molecule has 1 aromatic carbocycles. The molecular weight excluding hydrogens is 324 g/mol. The van der Waals surface area contributed by atoms with E-state index in [2.05, 4.69) is 23.8 Å². The van der Waals surface area contributed by atoms with Gasteiger partial charge < -0.3 is 16.6 Å². The van der Waals surface area contributed by atoms with Crippen molar-refractivity contribution in [1.29, 1.82) is 0 Å². The molecule has 0 radical (unpaired) electrons. The van der Waals surface area contributed by atoms with Gasteiger partial charge in [-0.05, 0) is 25.5 Å². The number of hydrogen-bond donors (Lipinski definition) is 4. The highest BCUT2D eigenvalue weighted by atomic mass is 32.2. The highest BCUT2D eigenvalue weighted by Crippen LogP contribution is 2.17. The first-order valence-electron chi connectivity index (χ1n) is 7.89. The van der Waals surface area contributed by atoms with Gasteiger partial charge in [0.1, 0.15) is 0 Å². The van der Waals surface area contributed by atoms with Crippen LogP contribution in [0.25, 0.3) is 0 Å². The normalized spacial score (nSPS) is 9.33. The molecule has 1 aromatic heterocycles. The largest absolute Gasteiger partial charge is 0.492 e. The highest BCUT2D eigenvalue weighted by molar-refractivity contribution is 7.99. The number of aromatic nitrogens is 2. The van der Waals surface area contributed by atoms with Crippen molar-refractivity contribution in [2.24, 2.45) is 0 Å². The first-order chi connectivity index (χ1) is 11.3. The molecule has 0 amide bonds. The first-order valence-corrected chi connectivity index (χ1v) is 8.87. The molecule has 0 spiro atoms. The number of H-pyrrole nitrogens is 1. The standard InChI is InChI=1S/C7H11N3O2S.C7H9N.C3H8/c1-2-3-13-7-9-5(11)4(8)6(12)10-7;1-6-2-4-7(8)5-3-6;1-3-2/h2-3,8H2,1H3,(H2,9,10,11,12);2-5H,8H2,1H3;3H2,1-2H3. The van der Waals surface area contributed by atoms with Crippen molar-refractivity contribution in [3.05, 3.63) is 40.2 Å². The number of thioether (sulfide) groups is 1. The molecule has 0 unspecified atom stereocenters. The van der Waals surface area contributed by atoms with Gasteiger partial charge in [-0.15, -0.1) is 0 Å². The van der Waals surface area contributed by atoms with Crippen LogP contribution >= 0.6 is 11.8 Å². The molecule has 6 nitrogen and oxygen atoms in total. The first kappa shape index (κ1) is 21.9. The van der Waals surface area contributed by atoms with Crippen LogP contribution in [-0.4, -0.2) is 20.8 Å². The number of nitrogens with one attached hydrogen (secondary N) is 1. The second-order valence-electron chi connectivity index (χ2n) is 5.07. The average molecular weight is 353 g/mol. The summed E-state index contributed by atoms with van der Waals surface area (Å²) in [4.78, 5) is 17.2. The SMILES string of the molecule is CCC.CCCSc1nc(O)c(N)c(=O)[nH]1.Cc1ccc(N)cc1. The van der Waals surface area contributed by atoms with Crippen LogP contribution in [0, 0.1) is 6.92 Å². The minimum absolute atomic E-state index is 0.235. The Bertz CT molecular complexity index is 621. The number of hydrogen-bond acceptors (Lipinski definition) is 6. The Morgan fingerprint density at radius 3 is 2.12 bits per heavy atom. The second-order valence-corrected chi connectivity index (χ2v) is 6.16. The predicted molar refractivity (Wildman–Crippen MR) is 104 cm³/mol. The van der Waals surface area contributed by atoms with Crippen LogP contribution in [0.3, 0.4) is 0 Å². The van der Waals surface area contributed by atoms with E-state index in [1.165, 1.54) is 23.7 Å². The van der Waals surface area contributed by atoms with E-state index in [1.54, 1.807) is 0 Å². The molecule has 134 valence electrons. The van der Waals surface area contributed by atoms with Crippen LogP contribution in [0.2, 0.25) is 0 Å². The molecule has 0 fully saturated rings. The molecule has 2 aromatic rings. The summed E-state index contributed by atoms with van der Waals surface area (Å²) in [7, 11) is 0. The molecule has 0 aliphatic carbocycles. The molecule has 2 rings (SSSR count). The summed E-state index contributed by atoms with van der Waals surface area (Å²) in [5, 5.41) is 9.51. The molecule has 0 aliphatic heterocycles. The lowest BCUT2D eigenvalue weighted by Crippen LogP contribution is -2.13. The van der Waals surface area contributed by atoms with Crippen LogP contribution in [0.1, 0.15) is 39.2 Å². The third-order valence-corrected chi connectivity index (χ3v) is 3.51. The van der Waals surface area contributed by atoms with Crippen molar-refractivity contribution in [1.82, 2.24) is 9.97 Å². The molecular formula is C17H28N4O2S. The van der Waals surface area contributed by atoms with Gasteiger partial charge in [-0.1, -0.05) is 56.7 Å². The third-order valence-electron chi connectivity index (χ3n) is 2.43. The molecule has 6 N–H and O–H groups in total. The second kappa shape index (κ2) is 12.3. The Labute approximate surface area is 147 Å². The zero-order valence-corrected chi connectivity index (χ0v) is 15.6. The smallest absolute Gasteiger partial charge is 0.278 e. The Balaban J connectivity index is 0.000000409. The van der Waals surface area contributed by atoms with Crippen molar-refractivity contribution in [3.8, 4) is 5.88 Å². The Morgan fingerprint density at radius 2 is 1.71 bits per heavy atom. The van der Waals surface area contributed by atoms with E-state index in [1.807, 2.05) is 38.1 Å². The van der Waals surface area contributed by atoms with Crippen molar-refractivity contribution in [3.63, 3.8) is 0 Å². The molecule has 7 heteroatoms. The van der Waals surface area contributed by atoms with Crippen LogP contribution < -0.4 is 17.0 Å². The van der Waals surface area contributed by atoms with Gasteiger partial charge >= 0.3 is 0 Å². The maximum Gasteiger partial charge on any atom is 0.278 e. The van der Waals surface area contributed by atoms with Gasteiger partial charge in [0.05, 0.1) is 0 Å². The van der Waals surface area contributed by atoms with Gasteiger partial charge in [-0.2, -0.15) is 4.98 Å². The summed E-state index contributed by atoms with van der Waals surface area (Å²) in [6.07, 6.45) is 2.22.